The van der Waals surface area contributed by atoms with Crippen molar-refractivity contribution in [3.8, 4) is 0 Å². The quantitative estimate of drug-likeness (QED) is 0.829. The normalized spacial score (nSPS) is 12.3. The molecule has 2 aromatic rings. The molecule has 0 fully saturated rings. The zero-order chi connectivity index (χ0) is 12.8. The minimum absolute atomic E-state index is 0.228. The number of nitrogens with zero attached hydrogens (tertiary/aromatic N) is 1. The lowest BCUT2D eigenvalue weighted by Gasteiger charge is -2.20. The summed E-state index contributed by atoms with van der Waals surface area (Å²) >= 11 is 2.39. The molecule has 1 unspecified atom stereocenters. The minimum atomic E-state index is 0.228. The molecule has 0 amide bonds. The Morgan fingerprint density at radius 1 is 1.22 bits per heavy atom. The predicted octanol–water partition coefficient (Wildman–Crippen LogP) is 3.78. The first-order chi connectivity index (χ1) is 8.83. The number of benzene rings is 1. The fourth-order valence-electron chi connectivity index (χ4n) is 1.95. The van der Waals surface area contributed by atoms with E-state index in [-0.39, 0.29) is 6.04 Å². The van der Waals surface area contributed by atoms with Crippen LogP contribution in [0.1, 0.15) is 30.5 Å². The van der Waals surface area contributed by atoms with Crippen LogP contribution < -0.4 is 5.32 Å². The van der Waals surface area contributed by atoms with Crippen molar-refractivity contribution in [1.29, 1.82) is 0 Å². The topological polar surface area (TPSA) is 24.9 Å². The zero-order valence-corrected chi connectivity index (χ0v) is 12.6. The molecule has 2 nitrogen and oxygen atoms in total. The van der Waals surface area contributed by atoms with Gasteiger partial charge in [0, 0.05) is 16.0 Å². The van der Waals surface area contributed by atoms with Crippen LogP contribution in [-0.4, -0.2) is 11.5 Å². The first-order valence-electron chi connectivity index (χ1n) is 6.20. The maximum Gasteiger partial charge on any atom is 0.0602 e. The Hall–Kier alpha value is -0.940. The van der Waals surface area contributed by atoms with Crippen LogP contribution in [0.15, 0.2) is 48.8 Å². The van der Waals surface area contributed by atoms with Crippen molar-refractivity contribution in [2.75, 3.05) is 6.54 Å². The molecule has 0 bridgehead atoms. The second-order valence-corrected chi connectivity index (χ2v) is 5.36. The Morgan fingerprint density at radius 2 is 2.06 bits per heavy atom. The van der Waals surface area contributed by atoms with Crippen molar-refractivity contribution in [2.24, 2.45) is 0 Å². The van der Waals surface area contributed by atoms with Crippen LogP contribution in [0.4, 0.5) is 0 Å². The highest BCUT2D eigenvalue weighted by Crippen LogP contribution is 2.25. The lowest BCUT2D eigenvalue weighted by molar-refractivity contribution is 0.595. The molecule has 0 aliphatic carbocycles. The van der Waals surface area contributed by atoms with Crippen molar-refractivity contribution in [3.05, 3.63) is 63.5 Å². The van der Waals surface area contributed by atoms with Crippen molar-refractivity contribution < 1.29 is 0 Å². The number of rotatable bonds is 5. The van der Waals surface area contributed by atoms with E-state index in [0.717, 1.165) is 13.0 Å². The van der Waals surface area contributed by atoms with E-state index in [4.69, 9.17) is 0 Å². The van der Waals surface area contributed by atoms with Crippen LogP contribution in [0.2, 0.25) is 0 Å². The van der Waals surface area contributed by atoms with Gasteiger partial charge >= 0.3 is 0 Å². The van der Waals surface area contributed by atoms with Gasteiger partial charge in [-0.1, -0.05) is 31.2 Å². The van der Waals surface area contributed by atoms with Gasteiger partial charge in [0.25, 0.3) is 0 Å². The average Bonchev–Trinajstić information content (AvgIpc) is 2.42. The fourth-order valence-corrected chi connectivity index (χ4v) is 2.65. The summed E-state index contributed by atoms with van der Waals surface area (Å²) < 4.78 is 1.28. The highest BCUT2D eigenvalue weighted by atomic mass is 127. The molecular weight excluding hydrogens is 335 g/mol. The molecule has 18 heavy (non-hydrogen) atoms. The Bertz CT molecular complexity index is 485. The SMILES string of the molecule is CCCNC(c1cccnc1)c1ccccc1I. The molecule has 1 aromatic heterocycles. The van der Waals surface area contributed by atoms with Crippen molar-refractivity contribution in [3.63, 3.8) is 0 Å². The molecule has 0 saturated heterocycles. The molecule has 0 aliphatic rings. The summed E-state index contributed by atoms with van der Waals surface area (Å²) in [6, 6.07) is 12.8. The molecule has 94 valence electrons. The monoisotopic (exact) mass is 352 g/mol. The van der Waals surface area contributed by atoms with Crippen LogP contribution in [0, 0.1) is 3.57 Å². The zero-order valence-electron chi connectivity index (χ0n) is 10.4. The smallest absolute Gasteiger partial charge is 0.0602 e. The van der Waals surface area contributed by atoms with Gasteiger partial charge in [0.1, 0.15) is 0 Å². The van der Waals surface area contributed by atoms with Gasteiger partial charge in [0.15, 0.2) is 0 Å². The Labute approximate surface area is 122 Å². The number of aromatic nitrogens is 1. The molecule has 0 saturated carbocycles. The molecule has 1 heterocycles. The van der Waals surface area contributed by atoms with Crippen LogP contribution in [-0.2, 0) is 0 Å². The summed E-state index contributed by atoms with van der Waals surface area (Å²) in [6.45, 7) is 3.19. The maximum atomic E-state index is 4.23. The third-order valence-electron chi connectivity index (χ3n) is 2.83. The van der Waals surface area contributed by atoms with Crippen LogP contribution >= 0.6 is 22.6 Å². The number of hydrogen-bond donors (Lipinski definition) is 1. The number of halogens is 1. The van der Waals surface area contributed by atoms with Crippen LogP contribution in [0.5, 0.6) is 0 Å². The van der Waals surface area contributed by atoms with Crippen molar-refractivity contribution in [2.45, 2.75) is 19.4 Å². The van der Waals surface area contributed by atoms with E-state index in [9.17, 15) is 0 Å². The van der Waals surface area contributed by atoms with Gasteiger partial charge in [-0.3, -0.25) is 4.98 Å². The average molecular weight is 352 g/mol. The Morgan fingerprint density at radius 3 is 2.72 bits per heavy atom. The van der Waals surface area contributed by atoms with Crippen molar-refractivity contribution in [1.82, 2.24) is 10.3 Å². The lowest BCUT2D eigenvalue weighted by atomic mass is 10.0. The van der Waals surface area contributed by atoms with E-state index in [1.165, 1.54) is 14.7 Å². The van der Waals surface area contributed by atoms with Crippen LogP contribution in [0.25, 0.3) is 0 Å². The van der Waals surface area contributed by atoms with Gasteiger partial charge in [-0.05, 0) is 58.8 Å². The molecule has 1 atom stereocenters. The predicted molar refractivity (Wildman–Crippen MR) is 83.5 cm³/mol. The molecule has 1 N–H and O–H groups in total. The standard InChI is InChI=1S/C15H17IN2/c1-2-9-18-15(12-6-5-10-17-11-12)13-7-3-4-8-14(13)16/h3-8,10-11,15,18H,2,9H2,1H3. The first kappa shape index (κ1) is 13.5. The second-order valence-electron chi connectivity index (χ2n) is 4.20. The van der Waals surface area contributed by atoms with E-state index < -0.39 is 0 Å². The van der Waals surface area contributed by atoms with Gasteiger partial charge < -0.3 is 5.32 Å². The summed E-state index contributed by atoms with van der Waals surface area (Å²) in [5.74, 6) is 0. The molecule has 2 rings (SSSR count). The van der Waals surface area contributed by atoms with Crippen LogP contribution in [0.3, 0.4) is 0 Å². The summed E-state index contributed by atoms with van der Waals surface area (Å²) in [5.41, 5.74) is 2.54. The first-order valence-corrected chi connectivity index (χ1v) is 7.28. The molecule has 0 radical (unpaired) electrons. The maximum absolute atomic E-state index is 4.23. The van der Waals surface area contributed by atoms with Gasteiger partial charge in [0.05, 0.1) is 6.04 Å². The fraction of sp³-hybridized carbons (Fsp3) is 0.267. The second kappa shape index (κ2) is 6.85. The molecule has 3 heteroatoms. The number of hydrogen-bond acceptors (Lipinski definition) is 2. The Balaban J connectivity index is 2.34. The number of nitrogens with one attached hydrogen (secondary N) is 1. The largest absolute Gasteiger partial charge is 0.306 e. The van der Waals surface area contributed by atoms with Gasteiger partial charge in [-0.15, -0.1) is 0 Å². The van der Waals surface area contributed by atoms with Gasteiger partial charge in [-0.2, -0.15) is 0 Å². The van der Waals surface area contributed by atoms with E-state index in [2.05, 4.69) is 70.1 Å². The summed E-state index contributed by atoms with van der Waals surface area (Å²) in [4.78, 5) is 4.23. The van der Waals surface area contributed by atoms with E-state index in [1.807, 2.05) is 18.5 Å². The molecule has 0 spiro atoms. The third kappa shape index (κ3) is 3.29. The molecular formula is C15H17IN2. The van der Waals surface area contributed by atoms with E-state index >= 15 is 0 Å². The lowest BCUT2D eigenvalue weighted by Crippen LogP contribution is -2.24. The summed E-state index contributed by atoms with van der Waals surface area (Å²) in [5, 5.41) is 3.60. The highest BCUT2D eigenvalue weighted by molar-refractivity contribution is 14.1. The molecule has 0 aliphatic heterocycles. The summed E-state index contributed by atoms with van der Waals surface area (Å²) in [6.07, 6.45) is 4.88. The Kier molecular flexibility index (Phi) is 5.13. The highest BCUT2D eigenvalue weighted by Gasteiger charge is 2.15. The van der Waals surface area contributed by atoms with Gasteiger partial charge in [-0.25, -0.2) is 0 Å². The number of pyridine rings is 1. The van der Waals surface area contributed by atoms with Gasteiger partial charge in [0.2, 0.25) is 0 Å². The van der Waals surface area contributed by atoms with Crippen molar-refractivity contribution >= 4 is 22.6 Å². The third-order valence-corrected chi connectivity index (χ3v) is 3.81. The van der Waals surface area contributed by atoms with E-state index in [0.29, 0.717) is 0 Å². The summed E-state index contributed by atoms with van der Waals surface area (Å²) in [7, 11) is 0. The van der Waals surface area contributed by atoms with E-state index in [1.54, 1.807) is 0 Å². The molecule has 1 aromatic carbocycles. The minimum Gasteiger partial charge on any atom is -0.306 e.